The number of hydrogen-bond donors (Lipinski definition) is 1. The molecule has 18 heavy (non-hydrogen) atoms. The molecular weight excluding hydrogens is 220 g/mol. The Labute approximate surface area is 114 Å². The zero-order valence-corrected chi connectivity index (χ0v) is 12.3. The van der Waals surface area contributed by atoms with Gasteiger partial charge in [-0.3, -0.25) is 0 Å². The van der Waals surface area contributed by atoms with Crippen LogP contribution in [0.3, 0.4) is 0 Å². The molecule has 1 N–H and O–H groups in total. The topological polar surface area (TPSA) is 15.3 Å². The van der Waals surface area contributed by atoms with E-state index in [1.165, 1.54) is 84.0 Å². The van der Waals surface area contributed by atoms with Crippen molar-refractivity contribution in [2.24, 2.45) is 5.92 Å². The first kappa shape index (κ1) is 14.3. The van der Waals surface area contributed by atoms with Gasteiger partial charge in [-0.15, -0.1) is 0 Å². The summed E-state index contributed by atoms with van der Waals surface area (Å²) >= 11 is 0. The first-order valence-electron chi connectivity index (χ1n) is 8.34. The zero-order chi connectivity index (χ0) is 12.6. The van der Waals surface area contributed by atoms with Crippen molar-refractivity contribution in [3.05, 3.63) is 0 Å². The van der Waals surface area contributed by atoms with Crippen LogP contribution in [0, 0.1) is 5.92 Å². The van der Waals surface area contributed by atoms with Gasteiger partial charge in [0.1, 0.15) is 0 Å². The van der Waals surface area contributed by atoms with E-state index in [1.54, 1.807) is 0 Å². The molecule has 2 saturated heterocycles. The SMILES string of the molecule is CCCC1CCCN(CC2CCCCCN2)CC1. The Hall–Kier alpha value is -0.0800. The average Bonchev–Trinajstić information content (AvgIpc) is 2.74. The van der Waals surface area contributed by atoms with Crippen LogP contribution in [0.4, 0.5) is 0 Å². The highest BCUT2D eigenvalue weighted by Crippen LogP contribution is 2.22. The molecule has 2 rings (SSSR count). The Bertz CT molecular complexity index is 209. The summed E-state index contributed by atoms with van der Waals surface area (Å²) in [6.45, 7) is 7.58. The molecule has 0 bridgehead atoms. The summed E-state index contributed by atoms with van der Waals surface area (Å²) in [5, 5.41) is 3.74. The lowest BCUT2D eigenvalue weighted by atomic mass is 9.96. The number of nitrogens with one attached hydrogen (secondary N) is 1. The minimum atomic E-state index is 0.773. The minimum Gasteiger partial charge on any atom is -0.313 e. The van der Waals surface area contributed by atoms with E-state index in [0.717, 1.165) is 12.0 Å². The van der Waals surface area contributed by atoms with Gasteiger partial charge >= 0.3 is 0 Å². The highest BCUT2D eigenvalue weighted by atomic mass is 15.1. The molecule has 2 unspecified atom stereocenters. The van der Waals surface area contributed by atoms with E-state index in [9.17, 15) is 0 Å². The zero-order valence-electron chi connectivity index (χ0n) is 12.3. The fraction of sp³-hybridized carbons (Fsp3) is 1.00. The maximum absolute atomic E-state index is 3.74. The molecule has 0 aromatic carbocycles. The molecule has 2 heteroatoms. The van der Waals surface area contributed by atoms with Gasteiger partial charge in [-0.25, -0.2) is 0 Å². The predicted molar refractivity (Wildman–Crippen MR) is 78.9 cm³/mol. The van der Waals surface area contributed by atoms with Crippen LogP contribution >= 0.6 is 0 Å². The molecule has 2 aliphatic rings. The highest BCUT2D eigenvalue weighted by molar-refractivity contribution is 4.77. The van der Waals surface area contributed by atoms with Gasteiger partial charge in [-0.05, 0) is 57.7 Å². The van der Waals surface area contributed by atoms with E-state index in [-0.39, 0.29) is 0 Å². The van der Waals surface area contributed by atoms with Gasteiger partial charge < -0.3 is 10.2 Å². The van der Waals surface area contributed by atoms with Crippen LogP contribution in [0.5, 0.6) is 0 Å². The summed E-state index contributed by atoms with van der Waals surface area (Å²) < 4.78 is 0. The molecule has 106 valence electrons. The van der Waals surface area contributed by atoms with Crippen LogP contribution in [0.1, 0.15) is 64.7 Å². The Kier molecular flexibility index (Phi) is 6.50. The Balaban J connectivity index is 1.72. The van der Waals surface area contributed by atoms with Gasteiger partial charge in [0, 0.05) is 12.6 Å². The van der Waals surface area contributed by atoms with E-state index >= 15 is 0 Å². The third kappa shape index (κ3) is 4.89. The predicted octanol–water partition coefficient (Wildman–Crippen LogP) is 3.42. The van der Waals surface area contributed by atoms with Crippen LogP contribution < -0.4 is 5.32 Å². The number of rotatable bonds is 4. The van der Waals surface area contributed by atoms with E-state index in [2.05, 4.69) is 17.1 Å². The maximum Gasteiger partial charge on any atom is 0.0195 e. The van der Waals surface area contributed by atoms with Gasteiger partial charge in [-0.1, -0.05) is 32.6 Å². The van der Waals surface area contributed by atoms with E-state index < -0.39 is 0 Å². The smallest absolute Gasteiger partial charge is 0.0195 e. The molecule has 2 heterocycles. The molecule has 0 aromatic rings. The van der Waals surface area contributed by atoms with Crippen molar-refractivity contribution in [2.45, 2.75) is 70.8 Å². The second-order valence-corrected chi connectivity index (χ2v) is 6.39. The average molecular weight is 252 g/mol. The van der Waals surface area contributed by atoms with Crippen LogP contribution in [-0.2, 0) is 0 Å². The van der Waals surface area contributed by atoms with E-state index in [1.807, 2.05) is 0 Å². The molecule has 2 fully saturated rings. The lowest BCUT2D eigenvalue weighted by Gasteiger charge is -2.26. The van der Waals surface area contributed by atoms with Crippen molar-refractivity contribution in [1.82, 2.24) is 10.2 Å². The van der Waals surface area contributed by atoms with Crippen LogP contribution in [0.25, 0.3) is 0 Å². The highest BCUT2D eigenvalue weighted by Gasteiger charge is 2.19. The standard InChI is InChI=1S/C16H32N2/c1-2-7-15-8-6-12-18(13-10-15)14-16-9-4-3-5-11-17-16/h15-17H,2-14H2,1H3. The van der Waals surface area contributed by atoms with Gasteiger partial charge in [0.15, 0.2) is 0 Å². The molecule has 0 aromatic heterocycles. The fourth-order valence-corrected chi connectivity index (χ4v) is 3.67. The number of likely N-dealkylation sites (tertiary alicyclic amines) is 1. The number of hydrogen-bond acceptors (Lipinski definition) is 2. The monoisotopic (exact) mass is 252 g/mol. The lowest BCUT2D eigenvalue weighted by Crippen LogP contribution is -2.41. The summed E-state index contributed by atoms with van der Waals surface area (Å²) in [5.74, 6) is 1.02. The molecule has 0 spiro atoms. The summed E-state index contributed by atoms with van der Waals surface area (Å²) in [6.07, 6.45) is 12.8. The summed E-state index contributed by atoms with van der Waals surface area (Å²) in [6, 6.07) is 0.773. The second-order valence-electron chi connectivity index (χ2n) is 6.39. The van der Waals surface area contributed by atoms with E-state index in [4.69, 9.17) is 0 Å². The third-order valence-corrected chi connectivity index (χ3v) is 4.78. The Morgan fingerprint density at radius 2 is 1.94 bits per heavy atom. The van der Waals surface area contributed by atoms with E-state index in [0.29, 0.717) is 0 Å². The summed E-state index contributed by atoms with van der Waals surface area (Å²) in [5.41, 5.74) is 0. The first-order valence-corrected chi connectivity index (χ1v) is 8.34. The normalized spacial score (nSPS) is 31.8. The molecule has 2 aliphatic heterocycles. The molecular formula is C16H32N2. The van der Waals surface area contributed by atoms with Crippen LogP contribution in [0.2, 0.25) is 0 Å². The molecule has 0 aliphatic carbocycles. The van der Waals surface area contributed by atoms with Crippen molar-refractivity contribution < 1.29 is 0 Å². The van der Waals surface area contributed by atoms with Crippen molar-refractivity contribution in [3.8, 4) is 0 Å². The fourth-order valence-electron chi connectivity index (χ4n) is 3.67. The first-order chi connectivity index (χ1) is 8.88. The Morgan fingerprint density at radius 3 is 2.83 bits per heavy atom. The van der Waals surface area contributed by atoms with Crippen LogP contribution in [-0.4, -0.2) is 37.1 Å². The maximum atomic E-state index is 3.74. The van der Waals surface area contributed by atoms with Gasteiger partial charge in [0.2, 0.25) is 0 Å². The van der Waals surface area contributed by atoms with Gasteiger partial charge in [-0.2, -0.15) is 0 Å². The molecule has 2 atom stereocenters. The minimum absolute atomic E-state index is 0.773. The Morgan fingerprint density at radius 1 is 1.00 bits per heavy atom. The van der Waals surface area contributed by atoms with Gasteiger partial charge in [0.25, 0.3) is 0 Å². The molecule has 0 radical (unpaired) electrons. The molecule has 2 nitrogen and oxygen atoms in total. The van der Waals surface area contributed by atoms with Crippen molar-refractivity contribution in [3.63, 3.8) is 0 Å². The number of nitrogens with zero attached hydrogens (tertiary/aromatic N) is 1. The lowest BCUT2D eigenvalue weighted by molar-refractivity contribution is 0.243. The van der Waals surface area contributed by atoms with Crippen LogP contribution in [0.15, 0.2) is 0 Å². The second kappa shape index (κ2) is 8.16. The largest absolute Gasteiger partial charge is 0.313 e. The van der Waals surface area contributed by atoms with Gasteiger partial charge in [0.05, 0.1) is 0 Å². The quantitative estimate of drug-likeness (QED) is 0.825. The summed E-state index contributed by atoms with van der Waals surface area (Å²) in [7, 11) is 0. The molecule has 0 saturated carbocycles. The third-order valence-electron chi connectivity index (χ3n) is 4.78. The summed E-state index contributed by atoms with van der Waals surface area (Å²) in [4.78, 5) is 2.73. The van der Waals surface area contributed by atoms with Crippen molar-refractivity contribution in [2.75, 3.05) is 26.2 Å². The van der Waals surface area contributed by atoms with Crippen molar-refractivity contribution >= 4 is 0 Å². The molecule has 0 amide bonds. The van der Waals surface area contributed by atoms with Crippen molar-refractivity contribution in [1.29, 1.82) is 0 Å².